The van der Waals surface area contributed by atoms with Gasteiger partial charge in [-0.15, -0.1) is 0 Å². The zero-order valence-corrected chi connectivity index (χ0v) is 20.5. The highest BCUT2D eigenvalue weighted by Crippen LogP contribution is 2.43. The van der Waals surface area contributed by atoms with Crippen LogP contribution >= 0.6 is 7.82 Å². The van der Waals surface area contributed by atoms with Crippen LogP contribution in [0, 0.1) is 0 Å². The number of amides is 2. The fourth-order valence-corrected chi connectivity index (χ4v) is 4.52. The van der Waals surface area contributed by atoms with Gasteiger partial charge in [0.15, 0.2) is 29.5 Å². The molecule has 0 radical (unpaired) electrons. The average molecular weight is 532 g/mol. The van der Waals surface area contributed by atoms with Crippen molar-refractivity contribution in [1.29, 1.82) is 0 Å². The number of imidazole rings is 1. The molecule has 4 N–H and O–H groups in total. The van der Waals surface area contributed by atoms with Gasteiger partial charge >= 0.3 is 13.9 Å². The minimum Gasteiger partial charge on any atom is -0.347 e. The van der Waals surface area contributed by atoms with Gasteiger partial charge in [0.05, 0.1) is 12.9 Å². The number of phosphoric acid groups is 1. The van der Waals surface area contributed by atoms with E-state index >= 15 is 0 Å². The van der Waals surface area contributed by atoms with Gasteiger partial charge in [0.1, 0.15) is 24.6 Å². The smallest absolute Gasteiger partial charge is 0.347 e. The molecule has 14 nitrogen and oxygen atoms in total. The molecule has 37 heavy (non-hydrogen) atoms. The van der Waals surface area contributed by atoms with Crippen molar-refractivity contribution >= 4 is 36.9 Å². The number of nitrogens with zero attached hydrogens (tertiary/aromatic N) is 4. The maximum atomic E-state index is 12.0. The molecule has 0 bridgehead atoms. The predicted molar refractivity (Wildman–Crippen MR) is 129 cm³/mol. The van der Waals surface area contributed by atoms with E-state index in [0.29, 0.717) is 17.7 Å². The molecule has 2 amide bonds. The second-order valence-electron chi connectivity index (χ2n) is 8.22. The maximum absolute atomic E-state index is 12.0. The number of carbonyl (C=O) groups excluding carboxylic acids is 1. The Morgan fingerprint density at radius 2 is 1.95 bits per heavy atom. The molecule has 2 saturated heterocycles. The molecule has 4 heterocycles. The van der Waals surface area contributed by atoms with Crippen LogP contribution in [0.1, 0.15) is 18.7 Å². The molecule has 2 aliphatic heterocycles. The molecule has 5 atom stereocenters. The lowest BCUT2D eigenvalue weighted by molar-refractivity contribution is -0.132. The van der Waals surface area contributed by atoms with Crippen molar-refractivity contribution in [2.75, 3.05) is 18.5 Å². The molecule has 3 aromatic rings. The van der Waals surface area contributed by atoms with Crippen molar-refractivity contribution in [3.8, 4) is 0 Å². The van der Waals surface area contributed by atoms with Gasteiger partial charge in [0.2, 0.25) is 0 Å². The van der Waals surface area contributed by atoms with Crippen molar-refractivity contribution in [1.82, 2.24) is 24.8 Å². The Bertz CT molecular complexity index is 1330. The summed E-state index contributed by atoms with van der Waals surface area (Å²) in [4.78, 5) is 43.1. The summed E-state index contributed by atoms with van der Waals surface area (Å²) >= 11 is 0. The van der Waals surface area contributed by atoms with Gasteiger partial charge in [-0.2, -0.15) is 0 Å². The highest BCUT2D eigenvalue weighted by molar-refractivity contribution is 7.46. The van der Waals surface area contributed by atoms with Crippen LogP contribution in [0.4, 0.5) is 10.6 Å². The first-order valence-corrected chi connectivity index (χ1v) is 13.0. The summed E-state index contributed by atoms with van der Waals surface area (Å²) in [7, 11) is -4.74. The number of ether oxygens (including phenoxy) is 3. The maximum Gasteiger partial charge on any atom is 0.469 e. The zero-order valence-electron chi connectivity index (χ0n) is 19.6. The molecule has 0 spiro atoms. The van der Waals surface area contributed by atoms with Crippen LogP contribution in [-0.4, -0.2) is 73.1 Å². The predicted octanol–water partition coefficient (Wildman–Crippen LogP) is 1.80. The Labute approximate surface area is 210 Å². The van der Waals surface area contributed by atoms with E-state index in [0.717, 1.165) is 5.56 Å². The zero-order chi connectivity index (χ0) is 26.0. The van der Waals surface area contributed by atoms with Gasteiger partial charge in [0, 0.05) is 6.54 Å². The Kier molecular flexibility index (Phi) is 7.31. The molecule has 0 saturated carbocycles. The van der Waals surface area contributed by atoms with Crippen LogP contribution in [0.5, 0.6) is 0 Å². The van der Waals surface area contributed by atoms with Gasteiger partial charge in [-0.1, -0.05) is 36.4 Å². The first-order valence-electron chi connectivity index (χ1n) is 11.4. The Balaban J connectivity index is 1.41. The lowest BCUT2D eigenvalue weighted by Gasteiger charge is -2.20. The van der Waals surface area contributed by atoms with Gasteiger partial charge < -0.3 is 29.3 Å². The van der Waals surface area contributed by atoms with Gasteiger partial charge in [-0.05, 0) is 18.6 Å². The summed E-state index contributed by atoms with van der Waals surface area (Å²) in [6, 6.07) is 9.14. The van der Waals surface area contributed by atoms with E-state index in [9.17, 15) is 19.1 Å². The van der Waals surface area contributed by atoms with Crippen molar-refractivity contribution in [2.24, 2.45) is 0 Å². The van der Waals surface area contributed by atoms with E-state index in [1.165, 1.54) is 12.7 Å². The van der Waals surface area contributed by atoms with Crippen LogP contribution < -0.4 is 10.6 Å². The average Bonchev–Trinajstić information content (AvgIpc) is 3.56. The molecule has 15 heteroatoms. The lowest BCUT2D eigenvalue weighted by atomic mass is 10.1. The molecule has 196 valence electrons. The summed E-state index contributed by atoms with van der Waals surface area (Å²) in [5.41, 5.74) is 1.63. The summed E-state index contributed by atoms with van der Waals surface area (Å²) in [5.74, 6) is 0.206. The topological polar surface area (TPSA) is 179 Å². The number of hydrogen-bond donors (Lipinski definition) is 4. The Morgan fingerprint density at radius 3 is 2.70 bits per heavy atom. The van der Waals surface area contributed by atoms with Crippen LogP contribution in [-0.2, 0) is 23.3 Å². The van der Waals surface area contributed by atoms with E-state index < -0.39 is 51.3 Å². The summed E-state index contributed by atoms with van der Waals surface area (Å²) in [5, 5.41) is 5.25. The van der Waals surface area contributed by atoms with E-state index in [4.69, 9.17) is 18.7 Å². The number of rotatable bonds is 8. The number of phosphoric ester groups is 1. The monoisotopic (exact) mass is 532 g/mol. The second-order valence-corrected chi connectivity index (χ2v) is 9.46. The number of fused-ring (bicyclic) bond motifs is 2. The number of nitrogens with one attached hydrogen (secondary N) is 2. The molecule has 2 unspecified atom stereocenters. The molecule has 2 aromatic heterocycles. The number of urea groups is 1. The van der Waals surface area contributed by atoms with E-state index in [1.807, 2.05) is 36.4 Å². The molecule has 1 aromatic carbocycles. The van der Waals surface area contributed by atoms with E-state index in [2.05, 4.69) is 25.6 Å². The Hall–Kier alpha value is -3.23. The van der Waals surface area contributed by atoms with Gasteiger partial charge in [-0.25, -0.2) is 24.3 Å². The van der Waals surface area contributed by atoms with Crippen molar-refractivity contribution in [2.45, 2.75) is 37.8 Å². The quantitative estimate of drug-likeness (QED) is 0.311. The van der Waals surface area contributed by atoms with Crippen molar-refractivity contribution < 1.29 is 37.9 Å². The van der Waals surface area contributed by atoms with Crippen LogP contribution in [0.15, 0.2) is 49.1 Å². The third kappa shape index (κ3) is 5.70. The SMILES string of the molecule is CCNC(=O)Nc1ncnc2c1ncn2[C@@H]1O[C@H](COP(=O)(O)O)[C@@H]2OC(C=Cc3ccccc3)OC21. The number of hydrogen-bond acceptors (Lipinski definition) is 9. The number of anilines is 1. The summed E-state index contributed by atoms with van der Waals surface area (Å²) < 4.78 is 35.9. The third-order valence-corrected chi connectivity index (χ3v) is 6.21. The van der Waals surface area contributed by atoms with Gasteiger partial charge in [0.25, 0.3) is 0 Å². The van der Waals surface area contributed by atoms with E-state index in [1.54, 1.807) is 17.6 Å². The largest absolute Gasteiger partial charge is 0.469 e. The fraction of sp³-hybridized carbons (Fsp3) is 0.364. The van der Waals surface area contributed by atoms with Crippen LogP contribution in [0.3, 0.4) is 0 Å². The minimum absolute atomic E-state index is 0.206. The lowest BCUT2D eigenvalue weighted by Crippen LogP contribution is -2.31. The summed E-state index contributed by atoms with van der Waals surface area (Å²) in [6.45, 7) is 1.80. The highest BCUT2D eigenvalue weighted by atomic mass is 31.2. The second kappa shape index (κ2) is 10.6. The minimum atomic E-state index is -4.74. The number of benzene rings is 1. The molecule has 0 aliphatic carbocycles. The normalized spacial score (nSPS) is 25.5. The standard InChI is InChI=1S/C22H25N6O8P/c1-2-23-22(29)27-19-16-20(25-11-24-19)28(12-26-16)21-18-17(14(34-21)10-33-37(30,31)32)35-15(36-18)9-8-13-6-4-3-5-7-13/h3-9,11-12,14-15,17-18,21H,2,10H2,1H3,(H2,30,31,32)(H2,23,24,25,27,29)/t14-,15?,17+,18?,21-/m1/s1. The first kappa shape index (κ1) is 25.4. The van der Waals surface area contributed by atoms with Gasteiger partial charge in [-0.3, -0.25) is 14.4 Å². The van der Waals surface area contributed by atoms with Crippen molar-refractivity contribution in [3.05, 3.63) is 54.6 Å². The number of carbonyl (C=O) groups is 1. The Morgan fingerprint density at radius 1 is 1.16 bits per heavy atom. The fourth-order valence-electron chi connectivity index (χ4n) is 4.17. The third-order valence-electron chi connectivity index (χ3n) is 5.72. The first-order chi connectivity index (χ1) is 17.8. The highest BCUT2D eigenvalue weighted by Gasteiger charge is 2.53. The molecule has 2 fully saturated rings. The molecule has 5 rings (SSSR count). The molecule has 2 aliphatic rings. The number of aromatic nitrogens is 4. The van der Waals surface area contributed by atoms with Crippen molar-refractivity contribution in [3.63, 3.8) is 0 Å². The summed E-state index contributed by atoms with van der Waals surface area (Å²) in [6.07, 6.45) is 2.55. The molecular formula is C22H25N6O8P. The van der Waals surface area contributed by atoms with E-state index in [-0.39, 0.29) is 5.82 Å². The van der Waals surface area contributed by atoms with Crippen LogP contribution in [0.2, 0.25) is 0 Å². The van der Waals surface area contributed by atoms with Crippen LogP contribution in [0.25, 0.3) is 17.2 Å². The molecular weight excluding hydrogens is 507 g/mol.